The van der Waals surface area contributed by atoms with Crippen molar-refractivity contribution in [2.24, 2.45) is 0 Å². The number of carbonyl (C=O) groups is 1. The van der Waals surface area contributed by atoms with Crippen molar-refractivity contribution < 1.29 is 22.5 Å². The average Bonchev–Trinajstić information content (AvgIpc) is 3.10. The summed E-state index contributed by atoms with van der Waals surface area (Å²) in [4.78, 5) is 16.9. The molecule has 1 saturated heterocycles. The summed E-state index contributed by atoms with van der Waals surface area (Å²) in [5, 5.41) is 7.36. The lowest BCUT2D eigenvalue weighted by molar-refractivity contribution is -0.137. The van der Waals surface area contributed by atoms with E-state index in [1.165, 1.54) is 6.07 Å². The summed E-state index contributed by atoms with van der Waals surface area (Å²) >= 11 is 0. The first-order valence-electron chi connectivity index (χ1n) is 10.0. The van der Waals surface area contributed by atoms with Crippen LogP contribution in [-0.4, -0.2) is 49.2 Å². The van der Waals surface area contributed by atoms with Crippen LogP contribution in [0, 0.1) is 6.92 Å². The van der Waals surface area contributed by atoms with Crippen LogP contribution in [0.25, 0.3) is 11.0 Å². The van der Waals surface area contributed by atoms with Crippen molar-refractivity contribution in [3.8, 4) is 0 Å². The van der Waals surface area contributed by atoms with Gasteiger partial charge in [-0.3, -0.25) is 4.79 Å². The van der Waals surface area contributed by atoms with Gasteiger partial charge >= 0.3 is 6.18 Å². The zero-order valence-electron chi connectivity index (χ0n) is 17.3. The van der Waals surface area contributed by atoms with E-state index in [1.54, 1.807) is 6.07 Å². The average molecular weight is 432 g/mol. The maximum Gasteiger partial charge on any atom is 0.416 e. The number of likely N-dealkylation sites (N-methyl/N-ethyl adjacent to an activating group) is 1. The number of nitrogens with zero attached hydrogens (tertiary/aromatic N) is 3. The Morgan fingerprint density at radius 1 is 1.13 bits per heavy atom. The minimum atomic E-state index is -4.50. The number of benzene rings is 2. The summed E-state index contributed by atoms with van der Waals surface area (Å²) in [7, 11) is 2.00. The van der Waals surface area contributed by atoms with Crippen molar-refractivity contribution in [2.45, 2.75) is 19.5 Å². The lowest BCUT2D eigenvalue weighted by Crippen LogP contribution is -2.44. The molecule has 1 N–H and O–H groups in total. The second kappa shape index (κ2) is 8.22. The van der Waals surface area contributed by atoms with Gasteiger partial charge < -0.3 is 19.6 Å². The van der Waals surface area contributed by atoms with Crippen molar-refractivity contribution in [3.63, 3.8) is 0 Å². The van der Waals surface area contributed by atoms with E-state index in [1.807, 2.05) is 31.0 Å². The van der Waals surface area contributed by atoms with Crippen LogP contribution in [0.5, 0.6) is 0 Å². The fraction of sp³-hybridized carbons (Fsp3) is 0.364. The molecule has 1 amide bonds. The van der Waals surface area contributed by atoms with Crippen molar-refractivity contribution in [3.05, 3.63) is 53.2 Å². The second-order valence-electron chi connectivity index (χ2n) is 7.87. The van der Waals surface area contributed by atoms with Crippen molar-refractivity contribution >= 4 is 28.3 Å². The Hall–Kier alpha value is -3.07. The Kier molecular flexibility index (Phi) is 5.62. The number of rotatable bonds is 4. The summed E-state index contributed by atoms with van der Waals surface area (Å²) in [5.74, 6) is -0.452. The van der Waals surface area contributed by atoms with Crippen molar-refractivity contribution in [1.29, 1.82) is 0 Å². The molecule has 1 aromatic heterocycles. The van der Waals surface area contributed by atoms with Gasteiger partial charge in [0.05, 0.1) is 23.4 Å². The van der Waals surface area contributed by atoms with E-state index in [2.05, 4.69) is 15.4 Å². The lowest BCUT2D eigenvalue weighted by atomic mass is 10.1. The molecule has 164 valence electrons. The van der Waals surface area contributed by atoms with Crippen LogP contribution in [0.2, 0.25) is 0 Å². The fourth-order valence-electron chi connectivity index (χ4n) is 3.71. The van der Waals surface area contributed by atoms with E-state index < -0.39 is 17.6 Å². The van der Waals surface area contributed by atoms with Gasteiger partial charge in [-0.1, -0.05) is 16.8 Å². The lowest BCUT2D eigenvalue weighted by Gasteiger charge is -2.35. The minimum absolute atomic E-state index is 0.102. The number of hydrogen-bond acceptors (Lipinski definition) is 5. The number of aryl methyl sites for hydroxylation is 1. The molecule has 6 nitrogen and oxygen atoms in total. The number of halogens is 3. The number of alkyl halides is 3. The SMILES string of the molecule is Cc1ccc2onc(CC(=O)Nc3cc(C(F)(F)F)ccc3N3CCN(C)CC3)c2c1. The molecule has 1 aliphatic rings. The molecule has 0 unspecified atom stereocenters. The summed E-state index contributed by atoms with van der Waals surface area (Å²) in [6.07, 6.45) is -4.60. The number of aromatic nitrogens is 1. The van der Waals surface area contributed by atoms with E-state index in [0.29, 0.717) is 30.1 Å². The van der Waals surface area contributed by atoms with Gasteiger partial charge in [0.1, 0.15) is 5.69 Å². The quantitative estimate of drug-likeness (QED) is 0.673. The van der Waals surface area contributed by atoms with E-state index in [0.717, 1.165) is 36.2 Å². The van der Waals surface area contributed by atoms with Gasteiger partial charge in [-0.15, -0.1) is 0 Å². The molecule has 0 saturated carbocycles. The Morgan fingerprint density at radius 2 is 1.87 bits per heavy atom. The normalized spacial score (nSPS) is 15.5. The summed E-state index contributed by atoms with van der Waals surface area (Å²) in [5.41, 5.74) is 1.93. The number of carbonyl (C=O) groups excluding carboxylic acids is 1. The first kappa shape index (κ1) is 21.2. The molecule has 9 heteroatoms. The third kappa shape index (κ3) is 4.66. The molecule has 31 heavy (non-hydrogen) atoms. The molecule has 4 rings (SSSR count). The van der Waals surface area contributed by atoms with Crippen molar-refractivity contribution in [2.75, 3.05) is 43.4 Å². The third-order valence-electron chi connectivity index (χ3n) is 5.47. The number of fused-ring (bicyclic) bond motifs is 1. The molecule has 0 aliphatic carbocycles. The van der Waals surface area contributed by atoms with Gasteiger partial charge in [-0.2, -0.15) is 13.2 Å². The predicted octanol–water partition coefficient (Wildman–Crippen LogP) is 4.09. The highest BCUT2D eigenvalue weighted by molar-refractivity contribution is 5.97. The third-order valence-corrected chi connectivity index (χ3v) is 5.47. The maximum atomic E-state index is 13.3. The summed E-state index contributed by atoms with van der Waals surface area (Å²) in [6, 6.07) is 9.00. The van der Waals surface area contributed by atoms with Gasteiger partial charge in [-0.05, 0) is 44.3 Å². The molecule has 0 bridgehead atoms. The van der Waals surface area contributed by atoms with Gasteiger partial charge in [-0.25, -0.2) is 0 Å². The fourth-order valence-corrected chi connectivity index (χ4v) is 3.71. The number of anilines is 2. The van der Waals surface area contributed by atoms with E-state index in [-0.39, 0.29) is 12.1 Å². The van der Waals surface area contributed by atoms with Crippen LogP contribution in [-0.2, 0) is 17.4 Å². The van der Waals surface area contributed by atoms with Crippen LogP contribution in [0.4, 0.5) is 24.5 Å². The molecule has 1 fully saturated rings. The number of nitrogens with one attached hydrogen (secondary N) is 1. The van der Waals surface area contributed by atoms with E-state index in [4.69, 9.17) is 4.52 Å². The van der Waals surface area contributed by atoms with E-state index >= 15 is 0 Å². The second-order valence-corrected chi connectivity index (χ2v) is 7.87. The molecular weight excluding hydrogens is 409 g/mol. The topological polar surface area (TPSA) is 61.6 Å². The molecule has 0 atom stereocenters. The Bertz CT molecular complexity index is 1100. The number of hydrogen-bond donors (Lipinski definition) is 1. The molecule has 3 aromatic rings. The van der Waals surface area contributed by atoms with E-state index in [9.17, 15) is 18.0 Å². The predicted molar refractivity (Wildman–Crippen MR) is 112 cm³/mol. The Morgan fingerprint density at radius 3 is 2.58 bits per heavy atom. The van der Waals surface area contributed by atoms with Gasteiger partial charge in [0.15, 0.2) is 5.58 Å². The van der Waals surface area contributed by atoms with Crippen molar-refractivity contribution in [1.82, 2.24) is 10.1 Å². The molecule has 2 aromatic carbocycles. The molecular formula is C22H23F3N4O2. The standard InChI is InChI=1S/C22H23F3N4O2/c1-14-3-6-20-16(11-14)17(27-31-20)13-21(30)26-18-12-15(22(23,24)25)4-5-19(18)29-9-7-28(2)8-10-29/h3-6,11-12H,7-10,13H2,1-2H3,(H,26,30). The van der Waals surface area contributed by atoms with Crippen LogP contribution in [0.15, 0.2) is 40.9 Å². The number of piperazine rings is 1. The summed E-state index contributed by atoms with van der Waals surface area (Å²) in [6.45, 7) is 4.83. The maximum absolute atomic E-state index is 13.3. The minimum Gasteiger partial charge on any atom is -0.367 e. The van der Waals surface area contributed by atoms with Gasteiger partial charge in [0.25, 0.3) is 0 Å². The first-order valence-corrected chi connectivity index (χ1v) is 10.0. The first-order chi connectivity index (χ1) is 14.7. The van der Waals surface area contributed by atoms with Crippen LogP contribution < -0.4 is 10.2 Å². The molecule has 0 spiro atoms. The Labute approximate surface area is 177 Å². The van der Waals surface area contributed by atoms with Crippen LogP contribution in [0.1, 0.15) is 16.8 Å². The highest BCUT2D eigenvalue weighted by Crippen LogP contribution is 2.36. The van der Waals surface area contributed by atoms with Crippen LogP contribution in [0.3, 0.4) is 0 Å². The van der Waals surface area contributed by atoms with Gasteiger partial charge in [0.2, 0.25) is 5.91 Å². The Balaban J connectivity index is 1.60. The number of amides is 1. The zero-order chi connectivity index (χ0) is 22.2. The zero-order valence-corrected chi connectivity index (χ0v) is 17.3. The monoisotopic (exact) mass is 432 g/mol. The van der Waals surface area contributed by atoms with Crippen LogP contribution >= 0.6 is 0 Å². The largest absolute Gasteiger partial charge is 0.416 e. The summed E-state index contributed by atoms with van der Waals surface area (Å²) < 4.78 is 45.1. The van der Waals surface area contributed by atoms with Gasteiger partial charge in [0, 0.05) is 31.6 Å². The highest BCUT2D eigenvalue weighted by Gasteiger charge is 2.32. The molecule has 2 heterocycles. The molecule has 1 aliphatic heterocycles. The smallest absolute Gasteiger partial charge is 0.367 e. The molecule has 0 radical (unpaired) electrons. The highest BCUT2D eigenvalue weighted by atomic mass is 19.4.